The van der Waals surface area contributed by atoms with E-state index in [0.717, 1.165) is 6.20 Å². The van der Waals surface area contributed by atoms with Crippen LogP contribution in [0.25, 0.3) is 0 Å². The smallest absolute Gasteiger partial charge is 0.263 e. The number of pyridine rings is 1. The molecule has 1 aliphatic carbocycles. The zero-order valence-electron chi connectivity index (χ0n) is 10.7. The van der Waals surface area contributed by atoms with E-state index < -0.39 is 51.0 Å². The lowest BCUT2D eigenvalue weighted by atomic mass is 9.76. The highest BCUT2D eigenvalue weighted by atomic mass is 32.2. The zero-order chi connectivity index (χ0) is 16.1. The van der Waals surface area contributed by atoms with Crippen molar-refractivity contribution in [1.82, 2.24) is 9.71 Å². The van der Waals surface area contributed by atoms with Gasteiger partial charge in [0.2, 0.25) is 10.0 Å². The van der Waals surface area contributed by atoms with Crippen LogP contribution in [0.4, 0.5) is 22.0 Å². The summed E-state index contributed by atoms with van der Waals surface area (Å²) in [6.45, 7) is 1.27. The summed E-state index contributed by atoms with van der Waals surface area (Å²) < 4.78 is 89.2. The van der Waals surface area contributed by atoms with Crippen LogP contribution in [0.3, 0.4) is 0 Å². The molecule has 0 spiro atoms. The molecule has 10 heteroatoms. The second-order valence-corrected chi connectivity index (χ2v) is 6.97. The van der Waals surface area contributed by atoms with E-state index in [-0.39, 0.29) is 0 Å². The molecule has 1 aromatic rings. The van der Waals surface area contributed by atoms with Crippen molar-refractivity contribution in [1.29, 1.82) is 0 Å². The monoisotopic (exact) mass is 330 g/mol. The van der Waals surface area contributed by atoms with Gasteiger partial charge in [0.05, 0.1) is 5.56 Å². The lowest BCUT2D eigenvalue weighted by Crippen LogP contribution is -2.60. The number of sulfonamides is 1. The van der Waals surface area contributed by atoms with Crippen LogP contribution in [0.5, 0.6) is 0 Å². The molecule has 1 saturated carbocycles. The van der Waals surface area contributed by atoms with Gasteiger partial charge in [0, 0.05) is 30.8 Å². The van der Waals surface area contributed by atoms with Gasteiger partial charge in [-0.15, -0.1) is 0 Å². The fourth-order valence-corrected chi connectivity index (χ4v) is 3.66. The zero-order valence-corrected chi connectivity index (χ0v) is 11.5. The fourth-order valence-electron chi connectivity index (χ4n) is 2.27. The summed E-state index contributed by atoms with van der Waals surface area (Å²) >= 11 is 0. The SMILES string of the molecule is CC1(NS(=O)(=O)c2cncc(C(F)(F)F)c2)CC(F)(F)C1. The van der Waals surface area contributed by atoms with E-state index in [1.807, 2.05) is 4.72 Å². The minimum atomic E-state index is -4.74. The van der Waals surface area contributed by atoms with E-state index in [1.165, 1.54) is 6.92 Å². The summed E-state index contributed by atoms with van der Waals surface area (Å²) in [6.07, 6.45) is -4.93. The summed E-state index contributed by atoms with van der Waals surface area (Å²) in [5.41, 5.74) is -2.61. The minimum Gasteiger partial charge on any atom is -0.263 e. The first-order valence-corrected chi connectivity index (χ1v) is 7.25. The van der Waals surface area contributed by atoms with E-state index >= 15 is 0 Å². The Bertz CT molecular complexity index is 649. The largest absolute Gasteiger partial charge is 0.417 e. The molecule has 0 unspecified atom stereocenters. The number of aromatic nitrogens is 1. The van der Waals surface area contributed by atoms with Gasteiger partial charge in [0.15, 0.2) is 0 Å². The summed E-state index contributed by atoms with van der Waals surface area (Å²) in [5, 5.41) is 0. The number of hydrogen-bond donors (Lipinski definition) is 1. The Morgan fingerprint density at radius 2 is 1.81 bits per heavy atom. The van der Waals surface area contributed by atoms with Crippen LogP contribution in [0.15, 0.2) is 23.4 Å². The molecule has 1 aromatic heterocycles. The molecule has 1 heterocycles. The Morgan fingerprint density at radius 1 is 1.24 bits per heavy atom. The first-order valence-electron chi connectivity index (χ1n) is 5.77. The average molecular weight is 330 g/mol. The van der Waals surface area contributed by atoms with Gasteiger partial charge in [-0.3, -0.25) is 4.98 Å². The van der Waals surface area contributed by atoms with Gasteiger partial charge < -0.3 is 0 Å². The van der Waals surface area contributed by atoms with Crippen molar-refractivity contribution in [3.8, 4) is 0 Å². The van der Waals surface area contributed by atoms with Crippen LogP contribution >= 0.6 is 0 Å². The molecule has 0 bridgehead atoms. The standard InChI is InChI=1S/C11H11F5N2O2S/c1-9(5-10(12,13)6-9)18-21(19,20)8-2-7(3-17-4-8)11(14,15)16/h2-4,18H,5-6H2,1H3. The Kier molecular flexibility index (Phi) is 3.53. The lowest BCUT2D eigenvalue weighted by molar-refractivity contribution is -0.138. The number of nitrogens with one attached hydrogen (secondary N) is 1. The molecule has 0 saturated heterocycles. The van der Waals surface area contributed by atoms with Crippen LogP contribution in [-0.4, -0.2) is 24.9 Å². The molecule has 4 nitrogen and oxygen atoms in total. The Labute approximate surface area is 117 Å². The average Bonchev–Trinajstić information content (AvgIpc) is 2.24. The molecule has 1 aliphatic rings. The number of nitrogens with zero attached hydrogens (tertiary/aromatic N) is 1. The normalized spacial score (nSPS) is 20.9. The van der Waals surface area contributed by atoms with Gasteiger partial charge in [-0.2, -0.15) is 13.2 Å². The molecule has 2 rings (SSSR count). The third-order valence-electron chi connectivity index (χ3n) is 3.03. The molecular formula is C11H11F5N2O2S. The predicted octanol–water partition coefficient (Wildman–Crippen LogP) is 2.57. The van der Waals surface area contributed by atoms with Crippen molar-refractivity contribution >= 4 is 10.0 Å². The third-order valence-corrected chi connectivity index (χ3v) is 4.63. The van der Waals surface area contributed by atoms with Crippen LogP contribution in [0.1, 0.15) is 25.3 Å². The summed E-state index contributed by atoms with van der Waals surface area (Å²) in [7, 11) is -4.36. The van der Waals surface area contributed by atoms with Crippen molar-refractivity contribution in [2.45, 2.75) is 42.3 Å². The summed E-state index contributed by atoms with van der Waals surface area (Å²) in [5.74, 6) is -2.97. The van der Waals surface area contributed by atoms with Gasteiger partial charge in [0.25, 0.3) is 5.92 Å². The number of alkyl halides is 5. The summed E-state index contributed by atoms with van der Waals surface area (Å²) in [6, 6.07) is 0.412. The van der Waals surface area contributed by atoms with E-state index in [1.54, 1.807) is 0 Å². The van der Waals surface area contributed by atoms with E-state index in [9.17, 15) is 30.4 Å². The van der Waals surface area contributed by atoms with Gasteiger partial charge in [0.1, 0.15) is 4.90 Å². The maximum Gasteiger partial charge on any atom is 0.417 e. The highest BCUT2D eigenvalue weighted by Gasteiger charge is 2.55. The van der Waals surface area contributed by atoms with E-state index in [0.29, 0.717) is 12.3 Å². The predicted molar refractivity (Wildman–Crippen MR) is 62.1 cm³/mol. The van der Waals surface area contributed by atoms with Gasteiger partial charge >= 0.3 is 6.18 Å². The number of rotatable bonds is 3. The van der Waals surface area contributed by atoms with Crippen LogP contribution in [-0.2, 0) is 16.2 Å². The van der Waals surface area contributed by atoms with Crippen LogP contribution in [0.2, 0.25) is 0 Å². The molecule has 118 valence electrons. The molecule has 0 amide bonds. The number of hydrogen-bond acceptors (Lipinski definition) is 3. The van der Waals surface area contributed by atoms with Gasteiger partial charge in [-0.1, -0.05) is 0 Å². The van der Waals surface area contributed by atoms with Crippen LogP contribution in [0, 0.1) is 0 Å². The maximum absolute atomic E-state index is 12.8. The molecule has 0 atom stereocenters. The Balaban J connectivity index is 2.25. The molecular weight excluding hydrogens is 319 g/mol. The van der Waals surface area contributed by atoms with Crippen molar-refractivity contribution in [2.75, 3.05) is 0 Å². The molecule has 1 fully saturated rings. The van der Waals surface area contributed by atoms with Crippen molar-refractivity contribution in [3.63, 3.8) is 0 Å². The second kappa shape index (κ2) is 4.60. The molecule has 1 N–H and O–H groups in total. The highest BCUT2D eigenvalue weighted by molar-refractivity contribution is 7.89. The Hall–Kier alpha value is -1.29. The van der Waals surface area contributed by atoms with Crippen molar-refractivity contribution in [2.24, 2.45) is 0 Å². The second-order valence-electron chi connectivity index (χ2n) is 5.28. The van der Waals surface area contributed by atoms with Crippen LogP contribution < -0.4 is 4.72 Å². The van der Waals surface area contributed by atoms with E-state index in [2.05, 4.69) is 4.98 Å². The van der Waals surface area contributed by atoms with Gasteiger partial charge in [-0.05, 0) is 13.0 Å². The van der Waals surface area contributed by atoms with Gasteiger partial charge in [-0.25, -0.2) is 21.9 Å². The van der Waals surface area contributed by atoms with Crippen molar-refractivity contribution < 1.29 is 30.4 Å². The maximum atomic E-state index is 12.8. The third kappa shape index (κ3) is 3.49. The topological polar surface area (TPSA) is 59.1 Å². The lowest BCUT2D eigenvalue weighted by Gasteiger charge is -2.44. The quantitative estimate of drug-likeness (QED) is 0.867. The fraction of sp³-hybridized carbons (Fsp3) is 0.545. The highest BCUT2D eigenvalue weighted by Crippen LogP contribution is 2.45. The van der Waals surface area contributed by atoms with E-state index in [4.69, 9.17) is 0 Å². The summed E-state index contributed by atoms with van der Waals surface area (Å²) in [4.78, 5) is 2.52. The first kappa shape index (κ1) is 16.1. The Morgan fingerprint density at radius 3 is 2.29 bits per heavy atom. The molecule has 0 radical (unpaired) electrons. The minimum absolute atomic E-state index is 0.412. The van der Waals surface area contributed by atoms with Crippen molar-refractivity contribution in [3.05, 3.63) is 24.0 Å². The molecule has 0 aliphatic heterocycles. The molecule has 21 heavy (non-hydrogen) atoms. The number of halogens is 5. The molecule has 0 aromatic carbocycles. The first-order chi connectivity index (χ1) is 9.33.